The predicted octanol–water partition coefficient (Wildman–Crippen LogP) is 3.85. The van der Waals surface area contributed by atoms with E-state index in [0.29, 0.717) is 5.25 Å². The highest BCUT2D eigenvalue weighted by molar-refractivity contribution is 9.10. The van der Waals surface area contributed by atoms with Crippen LogP contribution in [0.2, 0.25) is 0 Å². The van der Waals surface area contributed by atoms with Gasteiger partial charge in [0.1, 0.15) is 0 Å². The molecule has 5 heteroatoms. The molecule has 2 saturated heterocycles. The van der Waals surface area contributed by atoms with Crippen molar-refractivity contribution in [2.45, 2.75) is 41.4 Å². The molecule has 2 fully saturated rings. The van der Waals surface area contributed by atoms with Crippen LogP contribution < -0.4 is 5.73 Å². The van der Waals surface area contributed by atoms with Crippen LogP contribution in [0.4, 0.5) is 5.69 Å². The van der Waals surface area contributed by atoms with Gasteiger partial charge >= 0.3 is 0 Å². The monoisotopic (exact) mass is 357 g/mol. The maximum Gasteiger partial charge on any atom is 0.0737 e. The molecule has 0 aromatic heterocycles. The average molecular weight is 358 g/mol. The summed E-state index contributed by atoms with van der Waals surface area (Å²) in [5.74, 6) is 0. The summed E-state index contributed by atoms with van der Waals surface area (Å²) in [5.41, 5.74) is 7.02. The standard InChI is InChI=1S/C15H20BrNO2S/c16-11-1-2-14(13(17)9-11)20-12-3-6-19-15(10-12)4-7-18-8-5-15/h1-2,9,12H,3-8,10,17H2. The molecule has 0 amide bonds. The average Bonchev–Trinajstić information content (AvgIpc) is 2.43. The van der Waals surface area contributed by atoms with E-state index in [-0.39, 0.29) is 5.60 Å². The van der Waals surface area contributed by atoms with Crippen molar-refractivity contribution in [2.75, 3.05) is 25.6 Å². The molecule has 1 atom stereocenters. The summed E-state index contributed by atoms with van der Waals surface area (Å²) in [7, 11) is 0. The molecule has 1 spiro atoms. The van der Waals surface area contributed by atoms with E-state index in [1.807, 2.05) is 17.8 Å². The lowest BCUT2D eigenvalue weighted by molar-refractivity contribution is -0.131. The summed E-state index contributed by atoms with van der Waals surface area (Å²) in [6.45, 7) is 2.52. The topological polar surface area (TPSA) is 44.5 Å². The van der Waals surface area contributed by atoms with Gasteiger partial charge in [0.25, 0.3) is 0 Å². The fourth-order valence-electron chi connectivity index (χ4n) is 2.98. The number of rotatable bonds is 2. The Labute approximate surface area is 132 Å². The Bertz CT molecular complexity index is 471. The van der Waals surface area contributed by atoms with Gasteiger partial charge in [-0.2, -0.15) is 0 Å². The van der Waals surface area contributed by atoms with Crippen LogP contribution in [-0.2, 0) is 9.47 Å². The Morgan fingerprint density at radius 3 is 2.80 bits per heavy atom. The molecule has 0 aliphatic carbocycles. The zero-order valence-electron chi connectivity index (χ0n) is 11.4. The van der Waals surface area contributed by atoms with E-state index in [9.17, 15) is 0 Å². The quantitative estimate of drug-likeness (QED) is 0.816. The maximum atomic E-state index is 6.11. The fraction of sp³-hybridized carbons (Fsp3) is 0.600. The van der Waals surface area contributed by atoms with Gasteiger partial charge in [-0.3, -0.25) is 0 Å². The van der Waals surface area contributed by atoms with Gasteiger partial charge in [-0.05, 0) is 43.9 Å². The summed E-state index contributed by atoms with van der Waals surface area (Å²) in [4.78, 5) is 1.18. The highest BCUT2D eigenvalue weighted by Gasteiger charge is 2.39. The summed E-state index contributed by atoms with van der Waals surface area (Å²) in [5, 5.41) is 0.588. The Hall–Kier alpha value is -0.230. The largest absolute Gasteiger partial charge is 0.398 e. The first kappa shape index (κ1) is 14.7. The van der Waals surface area contributed by atoms with E-state index in [1.165, 1.54) is 4.90 Å². The van der Waals surface area contributed by atoms with Crippen LogP contribution in [-0.4, -0.2) is 30.7 Å². The molecule has 0 saturated carbocycles. The second kappa shape index (κ2) is 6.26. The molecule has 0 bridgehead atoms. The van der Waals surface area contributed by atoms with Crippen LogP contribution in [0.25, 0.3) is 0 Å². The molecule has 110 valence electrons. The highest BCUT2D eigenvalue weighted by atomic mass is 79.9. The minimum atomic E-state index is 0.0539. The third kappa shape index (κ3) is 3.32. The number of benzene rings is 1. The molecule has 20 heavy (non-hydrogen) atoms. The Kier molecular flexibility index (Phi) is 4.60. The number of anilines is 1. The van der Waals surface area contributed by atoms with E-state index >= 15 is 0 Å². The summed E-state index contributed by atoms with van der Waals surface area (Å²) < 4.78 is 12.6. The van der Waals surface area contributed by atoms with E-state index < -0.39 is 0 Å². The van der Waals surface area contributed by atoms with Crippen molar-refractivity contribution in [1.82, 2.24) is 0 Å². The summed E-state index contributed by atoms with van der Waals surface area (Å²) in [6, 6.07) is 6.14. The lowest BCUT2D eigenvalue weighted by Gasteiger charge is -2.43. The number of ether oxygens (including phenoxy) is 2. The number of nitrogens with two attached hydrogens (primary N) is 1. The number of nitrogen functional groups attached to an aromatic ring is 1. The van der Waals surface area contributed by atoms with Crippen LogP contribution in [0.3, 0.4) is 0 Å². The van der Waals surface area contributed by atoms with Crippen molar-refractivity contribution in [3.63, 3.8) is 0 Å². The van der Waals surface area contributed by atoms with Crippen molar-refractivity contribution in [3.05, 3.63) is 22.7 Å². The van der Waals surface area contributed by atoms with Crippen LogP contribution >= 0.6 is 27.7 Å². The molecule has 3 rings (SSSR count). The molecular weight excluding hydrogens is 338 g/mol. The van der Waals surface area contributed by atoms with Gasteiger partial charge in [0.2, 0.25) is 0 Å². The third-order valence-corrected chi connectivity index (χ3v) is 5.97. The molecule has 1 aromatic rings. The lowest BCUT2D eigenvalue weighted by atomic mass is 9.86. The molecule has 2 heterocycles. The van der Waals surface area contributed by atoms with E-state index in [2.05, 4.69) is 28.1 Å². The SMILES string of the molecule is Nc1cc(Br)ccc1SC1CCOC2(CCOCC2)C1. The fourth-order valence-corrected chi connectivity index (χ4v) is 4.66. The minimum absolute atomic E-state index is 0.0539. The zero-order chi connectivity index (χ0) is 14.0. The Morgan fingerprint density at radius 2 is 2.05 bits per heavy atom. The Balaban J connectivity index is 1.68. The predicted molar refractivity (Wildman–Crippen MR) is 86.2 cm³/mol. The van der Waals surface area contributed by atoms with Crippen molar-refractivity contribution in [1.29, 1.82) is 0 Å². The van der Waals surface area contributed by atoms with Crippen molar-refractivity contribution < 1.29 is 9.47 Å². The molecule has 1 unspecified atom stereocenters. The number of thioether (sulfide) groups is 1. The second-order valence-electron chi connectivity index (χ2n) is 5.56. The molecule has 2 N–H and O–H groups in total. The molecule has 2 aliphatic rings. The van der Waals surface area contributed by atoms with Crippen molar-refractivity contribution in [2.24, 2.45) is 0 Å². The molecular formula is C15H20BrNO2S. The van der Waals surface area contributed by atoms with Gasteiger partial charge in [-0.25, -0.2) is 0 Å². The molecule has 1 aromatic carbocycles. The van der Waals surface area contributed by atoms with E-state index in [4.69, 9.17) is 15.2 Å². The zero-order valence-corrected chi connectivity index (χ0v) is 13.8. The molecule has 3 nitrogen and oxygen atoms in total. The highest BCUT2D eigenvalue weighted by Crippen LogP contribution is 2.42. The smallest absolute Gasteiger partial charge is 0.0737 e. The maximum absolute atomic E-state index is 6.11. The van der Waals surface area contributed by atoms with Crippen molar-refractivity contribution in [3.8, 4) is 0 Å². The summed E-state index contributed by atoms with van der Waals surface area (Å²) >= 11 is 5.36. The van der Waals surface area contributed by atoms with Gasteiger partial charge in [-0.1, -0.05) is 15.9 Å². The summed E-state index contributed by atoms with van der Waals surface area (Å²) in [6.07, 6.45) is 4.26. The van der Waals surface area contributed by atoms with Crippen LogP contribution in [0.5, 0.6) is 0 Å². The van der Waals surface area contributed by atoms with Crippen LogP contribution in [0, 0.1) is 0 Å². The van der Waals surface area contributed by atoms with E-state index in [0.717, 1.165) is 55.7 Å². The molecule has 0 radical (unpaired) electrons. The van der Waals surface area contributed by atoms with Crippen molar-refractivity contribution >= 4 is 33.4 Å². The second-order valence-corrected chi connectivity index (χ2v) is 7.82. The number of halogens is 1. The minimum Gasteiger partial charge on any atom is -0.398 e. The number of hydrogen-bond donors (Lipinski definition) is 1. The lowest BCUT2D eigenvalue weighted by Crippen LogP contribution is -2.45. The first-order valence-electron chi connectivity index (χ1n) is 7.10. The first-order valence-corrected chi connectivity index (χ1v) is 8.78. The van der Waals surface area contributed by atoms with Gasteiger partial charge < -0.3 is 15.2 Å². The van der Waals surface area contributed by atoms with Gasteiger partial charge in [0, 0.05) is 40.1 Å². The normalized spacial score (nSPS) is 25.8. The first-order chi connectivity index (χ1) is 9.67. The number of hydrogen-bond acceptors (Lipinski definition) is 4. The van der Waals surface area contributed by atoms with Crippen LogP contribution in [0.15, 0.2) is 27.6 Å². The Morgan fingerprint density at radius 1 is 1.25 bits per heavy atom. The van der Waals surface area contributed by atoms with Gasteiger partial charge in [-0.15, -0.1) is 11.8 Å². The molecule has 2 aliphatic heterocycles. The third-order valence-electron chi connectivity index (χ3n) is 4.12. The van der Waals surface area contributed by atoms with E-state index in [1.54, 1.807) is 0 Å². The van der Waals surface area contributed by atoms with Gasteiger partial charge in [0.15, 0.2) is 0 Å². The van der Waals surface area contributed by atoms with Gasteiger partial charge in [0.05, 0.1) is 5.60 Å². The van der Waals surface area contributed by atoms with Crippen LogP contribution in [0.1, 0.15) is 25.7 Å².